The number of hydrogen-bond acceptors (Lipinski definition) is 4. The largest absolute Gasteiger partial charge is 0.480 e. The lowest BCUT2D eigenvalue weighted by Gasteiger charge is -2.31. The Morgan fingerprint density at radius 2 is 1.95 bits per heavy atom. The minimum Gasteiger partial charge on any atom is -0.480 e. The predicted molar refractivity (Wildman–Crippen MR) is 79.6 cm³/mol. The molecule has 3 unspecified atom stereocenters. The van der Waals surface area contributed by atoms with Crippen molar-refractivity contribution in [2.45, 2.75) is 58.6 Å². The molecule has 3 atom stereocenters. The molecular weight excluding hydrogens is 272 g/mol. The molecule has 1 aliphatic heterocycles. The van der Waals surface area contributed by atoms with Gasteiger partial charge in [0.15, 0.2) is 0 Å². The van der Waals surface area contributed by atoms with E-state index in [0.29, 0.717) is 25.3 Å². The van der Waals surface area contributed by atoms with Gasteiger partial charge in [0.2, 0.25) is 5.91 Å². The third-order valence-electron chi connectivity index (χ3n) is 4.33. The number of carbonyl (C=O) groups excluding carboxylic acids is 1. The van der Waals surface area contributed by atoms with Gasteiger partial charge in [0, 0.05) is 19.4 Å². The minimum atomic E-state index is -1.05. The molecule has 1 fully saturated rings. The Hall–Kier alpha value is -1.14. The van der Waals surface area contributed by atoms with Crippen molar-refractivity contribution in [1.29, 1.82) is 0 Å². The molecule has 0 aromatic rings. The van der Waals surface area contributed by atoms with Crippen LogP contribution in [0.25, 0.3) is 0 Å². The first kappa shape index (κ1) is 17.9. The van der Waals surface area contributed by atoms with E-state index in [-0.39, 0.29) is 24.3 Å². The third kappa shape index (κ3) is 4.97. The number of likely N-dealkylation sites (tertiary alicyclic amines) is 1. The normalized spacial score (nSPS) is 24.1. The molecule has 0 aromatic carbocycles. The Bertz CT molecular complexity index is 378. The zero-order chi connectivity index (χ0) is 16.2. The summed E-state index contributed by atoms with van der Waals surface area (Å²) in [7, 11) is 0. The zero-order valence-corrected chi connectivity index (χ0v) is 13.2. The van der Waals surface area contributed by atoms with Crippen molar-refractivity contribution in [3.8, 4) is 0 Å². The summed E-state index contributed by atoms with van der Waals surface area (Å²) in [4.78, 5) is 24.7. The van der Waals surface area contributed by atoms with Gasteiger partial charge < -0.3 is 20.8 Å². The summed E-state index contributed by atoms with van der Waals surface area (Å²) >= 11 is 0. The maximum atomic E-state index is 12.3. The van der Waals surface area contributed by atoms with Gasteiger partial charge in [-0.15, -0.1) is 0 Å². The number of carboxylic acid groups (broad SMARTS) is 1. The van der Waals surface area contributed by atoms with Crippen LogP contribution >= 0.6 is 0 Å². The Balaban J connectivity index is 2.61. The van der Waals surface area contributed by atoms with E-state index in [1.54, 1.807) is 0 Å². The molecule has 0 saturated carbocycles. The van der Waals surface area contributed by atoms with Crippen LogP contribution in [0.5, 0.6) is 0 Å². The molecule has 0 bridgehead atoms. The molecular formula is C15H28N2O4. The Morgan fingerprint density at radius 3 is 2.43 bits per heavy atom. The van der Waals surface area contributed by atoms with Crippen LogP contribution in [0.1, 0.15) is 46.5 Å². The van der Waals surface area contributed by atoms with E-state index >= 15 is 0 Å². The van der Waals surface area contributed by atoms with Gasteiger partial charge in [-0.3, -0.25) is 4.79 Å². The molecule has 1 aliphatic rings. The first-order valence-corrected chi connectivity index (χ1v) is 7.57. The molecule has 0 aromatic heterocycles. The number of hydrogen-bond donors (Lipinski definition) is 3. The minimum absolute atomic E-state index is 0.0658. The fraction of sp³-hybridized carbons (Fsp3) is 0.867. The molecule has 122 valence electrons. The predicted octanol–water partition coefficient (Wildman–Crippen LogP) is 0.824. The number of rotatable bonds is 6. The number of β-amino-alcohol motifs (C(OH)–C–C–N with tert-alkyl or cyclic N) is 1. The van der Waals surface area contributed by atoms with Crippen molar-refractivity contribution in [3.63, 3.8) is 0 Å². The third-order valence-corrected chi connectivity index (χ3v) is 4.33. The lowest BCUT2D eigenvalue weighted by Crippen LogP contribution is -2.41. The fourth-order valence-corrected chi connectivity index (χ4v) is 2.98. The Kier molecular flexibility index (Phi) is 6.16. The van der Waals surface area contributed by atoms with E-state index < -0.39 is 18.1 Å². The quantitative estimate of drug-likeness (QED) is 0.674. The van der Waals surface area contributed by atoms with Crippen molar-refractivity contribution < 1.29 is 19.8 Å². The Labute approximate surface area is 126 Å². The van der Waals surface area contributed by atoms with Crippen LogP contribution < -0.4 is 5.73 Å². The molecule has 1 heterocycles. The van der Waals surface area contributed by atoms with Gasteiger partial charge in [0.25, 0.3) is 0 Å². The molecule has 0 radical (unpaired) electrons. The lowest BCUT2D eigenvalue weighted by atomic mass is 9.76. The van der Waals surface area contributed by atoms with Crippen LogP contribution in [0.4, 0.5) is 0 Å². The number of carboxylic acids is 1. The zero-order valence-electron chi connectivity index (χ0n) is 13.2. The van der Waals surface area contributed by atoms with E-state index in [0.717, 1.165) is 6.42 Å². The molecule has 0 spiro atoms. The number of carbonyl (C=O) groups is 2. The summed E-state index contributed by atoms with van der Waals surface area (Å²) in [5.41, 5.74) is 5.69. The summed E-state index contributed by atoms with van der Waals surface area (Å²) < 4.78 is 0. The number of aliphatic carboxylic acids is 1. The molecule has 6 heteroatoms. The van der Waals surface area contributed by atoms with Crippen LogP contribution in [0, 0.1) is 11.3 Å². The van der Waals surface area contributed by atoms with Gasteiger partial charge in [-0.2, -0.15) is 0 Å². The molecule has 1 rings (SSSR count). The summed E-state index contributed by atoms with van der Waals surface area (Å²) in [6.07, 6.45) is 1.23. The van der Waals surface area contributed by atoms with Gasteiger partial charge in [-0.25, -0.2) is 4.79 Å². The summed E-state index contributed by atoms with van der Waals surface area (Å²) in [5.74, 6) is -0.915. The number of nitrogens with two attached hydrogens (primary N) is 1. The molecule has 0 aliphatic carbocycles. The van der Waals surface area contributed by atoms with Crippen LogP contribution in [0.15, 0.2) is 0 Å². The average molecular weight is 300 g/mol. The highest BCUT2D eigenvalue weighted by Crippen LogP contribution is 2.32. The highest BCUT2D eigenvalue weighted by atomic mass is 16.4. The standard InChI is InChI=1S/C15H28N2O4/c1-15(2,3)10(6-7-16)4-5-13(19)17-9-11(18)8-12(17)14(20)21/h10-12,18H,4-9,16H2,1-3H3,(H,20,21). The maximum Gasteiger partial charge on any atom is 0.326 e. The maximum absolute atomic E-state index is 12.3. The molecule has 1 saturated heterocycles. The van der Waals surface area contributed by atoms with Gasteiger partial charge in [0.05, 0.1) is 6.10 Å². The second-order valence-corrected chi connectivity index (χ2v) is 6.97. The fourth-order valence-electron chi connectivity index (χ4n) is 2.98. The number of aliphatic hydroxyl groups is 1. The first-order valence-electron chi connectivity index (χ1n) is 7.57. The monoisotopic (exact) mass is 300 g/mol. The van der Waals surface area contributed by atoms with E-state index in [4.69, 9.17) is 10.8 Å². The second-order valence-electron chi connectivity index (χ2n) is 6.97. The van der Waals surface area contributed by atoms with Crippen molar-refractivity contribution in [1.82, 2.24) is 4.90 Å². The molecule has 1 amide bonds. The van der Waals surface area contributed by atoms with Crippen LogP contribution in [-0.2, 0) is 9.59 Å². The number of amides is 1. The average Bonchev–Trinajstić information content (AvgIpc) is 2.75. The molecule has 21 heavy (non-hydrogen) atoms. The van der Waals surface area contributed by atoms with Crippen LogP contribution in [-0.4, -0.2) is 52.2 Å². The molecule has 6 nitrogen and oxygen atoms in total. The van der Waals surface area contributed by atoms with E-state index in [9.17, 15) is 14.7 Å². The van der Waals surface area contributed by atoms with Crippen molar-refractivity contribution in [3.05, 3.63) is 0 Å². The second kappa shape index (κ2) is 7.22. The topological polar surface area (TPSA) is 104 Å². The summed E-state index contributed by atoms with van der Waals surface area (Å²) in [6.45, 7) is 7.07. The SMILES string of the molecule is CC(C)(C)C(CCN)CCC(=O)N1CC(O)CC1C(=O)O. The van der Waals surface area contributed by atoms with Gasteiger partial charge in [0.1, 0.15) is 6.04 Å². The Morgan fingerprint density at radius 1 is 1.33 bits per heavy atom. The van der Waals surface area contributed by atoms with Crippen LogP contribution in [0.3, 0.4) is 0 Å². The van der Waals surface area contributed by atoms with Crippen LogP contribution in [0.2, 0.25) is 0 Å². The summed E-state index contributed by atoms with van der Waals surface area (Å²) in [6, 6.07) is -0.893. The lowest BCUT2D eigenvalue weighted by molar-refractivity contribution is -0.148. The van der Waals surface area contributed by atoms with Gasteiger partial charge >= 0.3 is 5.97 Å². The van der Waals surface area contributed by atoms with Crippen molar-refractivity contribution in [2.24, 2.45) is 17.1 Å². The summed E-state index contributed by atoms with van der Waals surface area (Å²) in [5, 5.41) is 18.7. The first-order chi connectivity index (χ1) is 9.66. The molecule has 4 N–H and O–H groups in total. The van der Waals surface area contributed by atoms with E-state index in [1.807, 2.05) is 0 Å². The van der Waals surface area contributed by atoms with Crippen molar-refractivity contribution >= 4 is 11.9 Å². The van der Waals surface area contributed by atoms with Crippen molar-refractivity contribution in [2.75, 3.05) is 13.1 Å². The van der Waals surface area contributed by atoms with Gasteiger partial charge in [-0.05, 0) is 30.7 Å². The number of aliphatic hydroxyl groups excluding tert-OH is 1. The van der Waals surface area contributed by atoms with E-state index in [1.165, 1.54) is 4.90 Å². The van der Waals surface area contributed by atoms with E-state index in [2.05, 4.69) is 20.8 Å². The highest BCUT2D eigenvalue weighted by molar-refractivity contribution is 5.84. The highest BCUT2D eigenvalue weighted by Gasteiger charge is 2.39. The van der Waals surface area contributed by atoms with Gasteiger partial charge in [-0.1, -0.05) is 20.8 Å². The number of nitrogens with zero attached hydrogens (tertiary/aromatic N) is 1. The smallest absolute Gasteiger partial charge is 0.326 e.